The van der Waals surface area contributed by atoms with Crippen molar-refractivity contribution in [2.45, 2.75) is 6.04 Å². The molecule has 0 amide bonds. The topological polar surface area (TPSA) is 20.3 Å². The Morgan fingerprint density at radius 1 is 1.00 bits per heavy atom. The second-order valence-electron chi connectivity index (χ2n) is 4.40. The zero-order valence-corrected chi connectivity index (χ0v) is 10.2. The second-order valence-corrected chi connectivity index (χ2v) is 4.40. The van der Waals surface area contributed by atoms with Gasteiger partial charge in [-0.2, -0.15) is 5.12 Å². The summed E-state index contributed by atoms with van der Waals surface area (Å²) in [5, 5.41) is 0.509. The van der Waals surface area contributed by atoms with Crippen LogP contribution in [0.25, 0.3) is 5.57 Å². The number of benzene rings is 2. The van der Waals surface area contributed by atoms with Crippen molar-refractivity contribution in [1.29, 1.82) is 0 Å². The Bertz CT molecular complexity index is 636. The molecule has 0 fully saturated rings. The average Bonchev–Trinajstić information content (AvgIpc) is 2.49. The van der Waals surface area contributed by atoms with E-state index in [1.807, 2.05) is 42.5 Å². The number of para-hydroxylation sites is 1. The highest BCUT2D eigenvalue weighted by Crippen LogP contribution is 2.37. The molecule has 1 aliphatic heterocycles. The lowest BCUT2D eigenvalue weighted by Crippen LogP contribution is -2.31. The molecule has 0 bridgehead atoms. The Labute approximate surface area is 110 Å². The van der Waals surface area contributed by atoms with Crippen molar-refractivity contribution < 1.29 is 9.28 Å². The van der Waals surface area contributed by atoms with Crippen LogP contribution in [0.5, 0.6) is 0 Å². The van der Waals surface area contributed by atoms with E-state index in [-0.39, 0.29) is 0 Å². The fourth-order valence-electron chi connectivity index (χ4n) is 2.34. The van der Waals surface area contributed by atoms with Gasteiger partial charge >= 0.3 is 0 Å². The number of carbonyl (C=O) groups excluding carboxylic acids is 1. The molecule has 94 valence electrons. The number of anilines is 1. The van der Waals surface area contributed by atoms with Crippen molar-refractivity contribution >= 4 is 17.5 Å². The van der Waals surface area contributed by atoms with Gasteiger partial charge in [-0.15, -0.1) is 0 Å². The third-order valence-corrected chi connectivity index (χ3v) is 3.25. The van der Waals surface area contributed by atoms with Crippen LogP contribution in [0.3, 0.4) is 0 Å². The van der Waals surface area contributed by atoms with Gasteiger partial charge in [0.15, 0.2) is 0 Å². The lowest BCUT2D eigenvalue weighted by atomic mass is 9.91. The molecule has 2 aromatic carbocycles. The van der Waals surface area contributed by atoms with Crippen LogP contribution in [-0.2, 0) is 4.79 Å². The van der Waals surface area contributed by atoms with E-state index in [1.165, 1.54) is 0 Å². The first-order chi connectivity index (χ1) is 9.31. The van der Waals surface area contributed by atoms with Gasteiger partial charge in [0.1, 0.15) is 12.3 Å². The maximum Gasteiger partial charge on any atom is 0.149 e. The normalized spacial score (nSPS) is 17.6. The van der Waals surface area contributed by atoms with Gasteiger partial charge < -0.3 is 4.79 Å². The molecule has 0 saturated heterocycles. The van der Waals surface area contributed by atoms with Gasteiger partial charge in [0.25, 0.3) is 0 Å². The summed E-state index contributed by atoms with van der Waals surface area (Å²) in [7, 11) is 0. The monoisotopic (exact) mass is 253 g/mol. The van der Waals surface area contributed by atoms with Crippen LogP contribution in [0.4, 0.5) is 10.2 Å². The molecule has 0 aromatic heterocycles. The number of hydrogen-bond acceptors (Lipinski definition) is 2. The van der Waals surface area contributed by atoms with Crippen LogP contribution in [0.15, 0.2) is 60.7 Å². The molecule has 0 aliphatic carbocycles. The molecule has 3 heteroatoms. The van der Waals surface area contributed by atoms with Crippen LogP contribution >= 0.6 is 0 Å². The molecule has 1 unspecified atom stereocenters. The van der Waals surface area contributed by atoms with Gasteiger partial charge in [-0.1, -0.05) is 53.0 Å². The van der Waals surface area contributed by atoms with Crippen LogP contribution in [-0.4, -0.2) is 12.3 Å². The maximum absolute atomic E-state index is 14.1. The molecule has 0 spiro atoms. The summed E-state index contributed by atoms with van der Waals surface area (Å²) in [6, 6.07) is 16.0. The van der Waals surface area contributed by atoms with Crippen molar-refractivity contribution in [1.82, 2.24) is 0 Å². The minimum absolute atomic E-state index is 0.431. The van der Waals surface area contributed by atoms with Gasteiger partial charge in [-0.05, 0) is 23.3 Å². The van der Waals surface area contributed by atoms with Crippen LogP contribution < -0.4 is 5.12 Å². The lowest BCUT2D eigenvalue weighted by Gasteiger charge is -2.27. The van der Waals surface area contributed by atoms with E-state index in [0.717, 1.165) is 16.7 Å². The van der Waals surface area contributed by atoms with E-state index in [1.54, 1.807) is 18.2 Å². The van der Waals surface area contributed by atoms with E-state index in [0.29, 0.717) is 17.1 Å². The standard InChI is InChI=1S/C16H12FNO/c17-18-13(11-19)10-15(12-6-2-1-3-7-12)14-8-4-5-9-16(14)18/h1-11,13H. The molecule has 2 aromatic rings. The molecule has 0 N–H and O–H groups in total. The number of fused-ring (bicyclic) bond motifs is 1. The molecular formula is C16H12FNO. The van der Waals surface area contributed by atoms with Crippen LogP contribution in [0.1, 0.15) is 11.1 Å². The minimum atomic E-state index is -0.870. The van der Waals surface area contributed by atoms with Gasteiger partial charge in [0.2, 0.25) is 0 Å². The number of aldehydes is 1. The highest BCUT2D eigenvalue weighted by Gasteiger charge is 2.26. The number of halogens is 1. The molecule has 1 heterocycles. The molecule has 1 atom stereocenters. The predicted octanol–water partition coefficient (Wildman–Crippen LogP) is 3.39. The lowest BCUT2D eigenvalue weighted by molar-refractivity contribution is -0.108. The van der Waals surface area contributed by atoms with Gasteiger partial charge in [0.05, 0.1) is 5.69 Å². The summed E-state index contributed by atoms with van der Waals surface area (Å²) >= 11 is 0. The van der Waals surface area contributed by atoms with Crippen LogP contribution in [0, 0.1) is 0 Å². The van der Waals surface area contributed by atoms with Gasteiger partial charge in [0, 0.05) is 5.56 Å². The summed E-state index contributed by atoms with van der Waals surface area (Å²) < 4.78 is 14.1. The summed E-state index contributed by atoms with van der Waals surface area (Å²) in [6.07, 6.45) is 2.27. The van der Waals surface area contributed by atoms with E-state index in [2.05, 4.69) is 0 Å². The fraction of sp³-hybridized carbons (Fsp3) is 0.0625. The van der Waals surface area contributed by atoms with Gasteiger partial charge in [-0.3, -0.25) is 0 Å². The third-order valence-electron chi connectivity index (χ3n) is 3.25. The van der Waals surface area contributed by atoms with Crippen molar-refractivity contribution in [2.75, 3.05) is 5.12 Å². The van der Waals surface area contributed by atoms with E-state index in [9.17, 15) is 9.28 Å². The predicted molar refractivity (Wildman–Crippen MR) is 73.4 cm³/mol. The molecule has 0 radical (unpaired) electrons. The average molecular weight is 253 g/mol. The smallest absolute Gasteiger partial charge is 0.149 e. The molecule has 0 saturated carbocycles. The zero-order valence-electron chi connectivity index (χ0n) is 10.2. The molecule has 2 nitrogen and oxygen atoms in total. The Kier molecular flexibility index (Phi) is 2.88. The first-order valence-corrected chi connectivity index (χ1v) is 6.08. The Morgan fingerprint density at radius 2 is 1.68 bits per heavy atom. The maximum atomic E-state index is 14.1. The largest absolute Gasteiger partial charge is 0.301 e. The molecule has 3 rings (SSSR count). The van der Waals surface area contributed by atoms with Crippen molar-refractivity contribution in [3.05, 3.63) is 71.8 Å². The minimum Gasteiger partial charge on any atom is -0.301 e. The Balaban J connectivity index is 2.20. The first kappa shape index (κ1) is 11.7. The first-order valence-electron chi connectivity index (χ1n) is 6.08. The second kappa shape index (κ2) is 4.69. The highest BCUT2D eigenvalue weighted by atomic mass is 19.2. The quantitative estimate of drug-likeness (QED) is 0.604. The van der Waals surface area contributed by atoms with E-state index >= 15 is 0 Å². The molecule has 1 aliphatic rings. The molecule has 19 heavy (non-hydrogen) atoms. The third kappa shape index (κ3) is 1.93. The number of rotatable bonds is 2. The van der Waals surface area contributed by atoms with E-state index in [4.69, 9.17) is 0 Å². The van der Waals surface area contributed by atoms with Gasteiger partial charge in [-0.25, -0.2) is 0 Å². The Hall–Kier alpha value is -2.42. The summed E-state index contributed by atoms with van der Waals surface area (Å²) in [4.78, 5) is 11.0. The van der Waals surface area contributed by atoms with Crippen molar-refractivity contribution in [3.63, 3.8) is 0 Å². The molecular weight excluding hydrogens is 241 g/mol. The number of hydrogen-bond donors (Lipinski definition) is 0. The summed E-state index contributed by atoms with van der Waals surface area (Å²) in [5.74, 6) is 0. The fourth-order valence-corrected chi connectivity index (χ4v) is 2.34. The SMILES string of the molecule is O=CC1C=C(c2ccccc2)c2ccccc2N1F. The number of carbonyl (C=O) groups is 1. The number of nitrogens with zero attached hydrogens (tertiary/aromatic N) is 1. The summed E-state index contributed by atoms with van der Waals surface area (Å²) in [6.45, 7) is 0. The summed E-state index contributed by atoms with van der Waals surface area (Å²) in [5.41, 5.74) is 3.10. The Morgan fingerprint density at radius 3 is 2.42 bits per heavy atom. The van der Waals surface area contributed by atoms with Crippen molar-refractivity contribution in [3.8, 4) is 0 Å². The highest BCUT2D eigenvalue weighted by molar-refractivity contribution is 5.92. The van der Waals surface area contributed by atoms with Crippen LogP contribution in [0.2, 0.25) is 0 Å². The van der Waals surface area contributed by atoms with Crippen molar-refractivity contribution in [2.24, 2.45) is 0 Å². The zero-order chi connectivity index (χ0) is 13.2. The van der Waals surface area contributed by atoms with E-state index < -0.39 is 6.04 Å².